The van der Waals surface area contributed by atoms with Crippen LogP contribution < -0.4 is 11.0 Å². The number of carbonyl (C=O) groups is 3. The van der Waals surface area contributed by atoms with Gasteiger partial charge in [0.05, 0.1) is 42.0 Å². The van der Waals surface area contributed by atoms with Crippen molar-refractivity contribution in [3.63, 3.8) is 0 Å². The molecule has 1 aromatic heterocycles. The van der Waals surface area contributed by atoms with Crippen LogP contribution in [0.3, 0.4) is 0 Å². The number of nitrogens with zero attached hydrogens (tertiary/aromatic N) is 2. The SMILES string of the molecule is O=C(CC1OC[C@@H]2CCN(C(=O)[C@H]3[C@@H](O)CCN3C(=O)OCc3ccccc3)C[C@H]12)Nc1cccc2[nH]c(=O)[nH]c12. The Kier molecular flexibility index (Phi) is 7.50. The summed E-state index contributed by atoms with van der Waals surface area (Å²) < 4.78 is 11.5. The fourth-order valence-electron chi connectivity index (χ4n) is 6.25. The number of H-pyrrole nitrogens is 2. The number of aromatic amines is 2. The number of piperidine rings is 1. The molecule has 0 spiro atoms. The van der Waals surface area contributed by atoms with Crippen molar-refractivity contribution in [2.75, 3.05) is 31.6 Å². The van der Waals surface area contributed by atoms with Gasteiger partial charge in [-0.1, -0.05) is 36.4 Å². The average molecular weight is 564 g/mol. The van der Waals surface area contributed by atoms with E-state index in [0.717, 1.165) is 5.56 Å². The highest BCUT2D eigenvalue weighted by atomic mass is 16.6. The summed E-state index contributed by atoms with van der Waals surface area (Å²) in [5.41, 5.74) is 2.09. The van der Waals surface area contributed by atoms with Gasteiger partial charge in [0.25, 0.3) is 0 Å². The van der Waals surface area contributed by atoms with Crippen molar-refractivity contribution >= 4 is 34.6 Å². The topological polar surface area (TPSA) is 157 Å². The van der Waals surface area contributed by atoms with Crippen LogP contribution in [-0.4, -0.2) is 87.3 Å². The van der Waals surface area contributed by atoms with E-state index in [0.29, 0.717) is 49.3 Å². The molecule has 3 fully saturated rings. The molecule has 2 aromatic carbocycles. The van der Waals surface area contributed by atoms with Crippen LogP contribution in [0.25, 0.3) is 11.0 Å². The zero-order valence-electron chi connectivity index (χ0n) is 22.5. The fourth-order valence-corrected chi connectivity index (χ4v) is 6.25. The number of fused-ring (bicyclic) bond motifs is 2. The Bertz CT molecular complexity index is 1490. The van der Waals surface area contributed by atoms with Gasteiger partial charge < -0.3 is 34.8 Å². The Morgan fingerprint density at radius 3 is 2.71 bits per heavy atom. The third-order valence-corrected chi connectivity index (χ3v) is 8.39. The predicted molar refractivity (Wildman–Crippen MR) is 148 cm³/mol. The number of carbonyl (C=O) groups excluding carboxylic acids is 3. The van der Waals surface area contributed by atoms with E-state index in [1.54, 1.807) is 23.1 Å². The Balaban J connectivity index is 1.08. The van der Waals surface area contributed by atoms with Crippen LogP contribution in [0.1, 0.15) is 24.8 Å². The minimum atomic E-state index is -1.01. The second-order valence-electron chi connectivity index (χ2n) is 11.0. The second-order valence-corrected chi connectivity index (χ2v) is 11.0. The van der Waals surface area contributed by atoms with Crippen LogP contribution in [0.15, 0.2) is 53.3 Å². The lowest BCUT2D eigenvalue weighted by atomic mass is 9.83. The molecule has 6 rings (SSSR count). The second kappa shape index (κ2) is 11.4. The van der Waals surface area contributed by atoms with E-state index in [9.17, 15) is 24.3 Å². The van der Waals surface area contributed by atoms with E-state index in [1.165, 1.54) is 4.90 Å². The number of imidazole rings is 1. The molecule has 3 aliphatic rings. The van der Waals surface area contributed by atoms with E-state index in [4.69, 9.17) is 9.47 Å². The van der Waals surface area contributed by atoms with Gasteiger partial charge in [0.15, 0.2) is 0 Å². The van der Waals surface area contributed by atoms with E-state index in [1.807, 2.05) is 30.3 Å². The van der Waals surface area contributed by atoms with E-state index in [-0.39, 0.29) is 55.0 Å². The smallest absolute Gasteiger partial charge is 0.410 e. The molecule has 3 saturated heterocycles. The lowest BCUT2D eigenvalue weighted by molar-refractivity contribution is -0.140. The van der Waals surface area contributed by atoms with Gasteiger partial charge >= 0.3 is 11.8 Å². The zero-order valence-corrected chi connectivity index (χ0v) is 22.5. The van der Waals surface area contributed by atoms with Crippen molar-refractivity contribution in [3.05, 3.63) is 64.6 Å². The normalized spacial score (nSPS) is 25.7. The van der Waals surface area contributed by atoms with Crippen molar-refractivity contribution < 1.29 is 29.0 Å². The van der Waals surface area contributed by atoms with Crippen LogP contribution >= 0.6 is 0 Å². The molecule has 0 saturated carbocycles. The highest BCUT2D eigenvalue weighted by Crippen LogP contribution is 2.37. The maximum absolute atomic E-state index is 13.6. The molecule has 12 heteroatoms. The molecule has 3 amide bonds. The minimum Gasteiger partial charge on any atom is -0.445 e. The van der Waals surface area contributed by atoms with Crippen LogP contribution in [0, 0.1) is 11.8 Å². The molecular weight excluding hydrogens is 530 g/mol. The predicted octanol–water partition coefficient (Wildman–Crippen LogP) is 1.82. The Labute approximate surface area is 235 Å². The maximum Gasteiger partial charge on any atom is 0.410 e. The summed E-state index contributed by atoms with van der Waals surface area (Å²) in [7, 11) is 0. The third-order valence-electron chi connectivity index (χ3n) is 8.39. The first kappa shape index (κ1) is 27.0. The number of hydrogen-bond donors (Lipinski definition) is 4. The Morgan fingerprint density at radius 1 is 1.05 bits per heavy atom. The number of likely N-dealkylation sites (tertiary alicyclic amines) is 2. The summed E-state index contributed by atoms with van der Waals surface area (Å²) in [5, 5.41) is 13.5. The van der Waals surface area contributed by atoms with Gasteiger partial charge in [0.2, 0.25) is 11.8 Å². The lowest BCUT2D eigenvalue weighted by Gasteiger charge is -2.38. The molecule has 0 aliphatic carbocycles. The number of anilines is 1. The number of benzene rings is 2. The van der Waals surface area contributed by atoms with Gasteiger partial charge in [-0.05, 0) is 36.5 Å². The lowest BCUT2D eigenvalue weighted by Crippen LogP contribution is -2.55. The quantitative estimate of drug-likeness (QED) is 0.356. The Morgan fingerprint density at radius 2 is 1.88 bits per heavy atom. The van der Waals surface area contributed by atoms with Crippen LogP contribution in [0.5, 0.6) is 0 Å². The Hall–Kier alpha value is -4.16. The molecule has 4 N–H and O–H groups in total. The van der Waals surface area contributed by atoms with Gasteiger partial charge in [0.1, 0.15) is 12.6 Å². The number of nitrogens with one attached hydrogen (secondary N) is 3. The number of rotatable bonds is 6. The first-order valence-corrected chi connectivity index (χ1v) is 13.9. The molecule has 1 unspecified atom stereocenters. The van der Waals surface area contributed by atoms with Crippen molar-refractivity contribution in [2.24, 2.45) is 11.8 Å². The summed E-state index contributed by atoms with van der Waals surface area (Å²) in [6.07, 6.45) is -0.898. The van der Waals surface area contributed by atoms with Crippen molar-refractivity contribution in [2.45, 2.75) is 44.1 Å². The van der Waals surface area contributed by atoms with Gasteiger partial charge in [-0.3, -0.25) is 14.5 Å². The highest BCUT2D eigenvalue weighted by molar-refractivity contribution is 5.99. The van der Waals surface area contributed by atoms with Crippen LogP contribution in [0.2, 0.25) is 0 Å². The highest BCUT2D eigenvalue weighted by Gasteiger charge is 2.48. The molecule has 5 atom stereocenters. The van der Waals surface area contributed by atoms with E-state index in [2.05, 4.69) is 15.3 Å². The molecule has 3 aromatic rings. The molecular formula is C29H33N5O7. The largest absolute Gasteiger partial charge is 0.445 e. The number of aromatic nitrogens is 2. The molecule has 216 valence electrons. The van der Waals surface area contributed by atoms with E-state index >= 15 is 0 Å². The first-order valence-electron chi connectivity index (χ1n) is 13.9. The average Bonchev–Trinajstić information content (AvgIpc) is 3.68. The minimum absolute atomic E-state index is 0.0571. The first-order chi connectivity index (χ1) is 19.9. The van der Waals surface area contributed by atoms with Crippen LogP contribution in [0.4, 0.5) is 10.5 Å². The molecule has 41 heavy (non-hydrogen) atoms. The van der Waals surface area contributed by atoms with Gasteiger partial charge in [-0.2, -0.15) is 0 Å². The third kappa shape index (κ3) is 5.57. The monoisotopic (exact) mass is 563 g/mol. The number of amides is 3. The number of para-hydroxylation sites is 1. The van der Waals surface area contributed by atoms with E-state index < -0.39 is 18.2 Å². The summed E-state index contributed by atoms with van der Waals surface area (Å²) in [6, 6.07) is 13.5. The number of aliphatic hydroxyl groups is 1. The zero-order chi connectivity index (χ0) is 28.5. The van der Waals surface area contributed by atoms with Gasteiger partial charge in [0, 0.05) is 25.6 Å². The van der Waals surface area contributed by atoms with Gasteiger partial charge in [-0.15, -0.1) is 0 Å². The summed E-state index contributed by atoms with van der Waals surface area (Å²) >= 11 is 0. The van der Waals surface area contributed by atoms with Gasteiger partial charge in [-0.25, -0.2) is 9.59 Å². The maximum atomic E-state index is 13.6. The molecule has 0 bridgehead atoms. The number of aliphatic hydroxyl groups excluding tert-OH is 1. The van der Waals surface area contributed by atoms with Crippen molar-refractivity contribution in [1.29, 1.82) is 0 Å². The molecule has 0 radical (unpaired) electrons. The summed E-state index contributed by atoms with van der Waals surface area (Å²) in [4.78, 5) is 59.6. The number of hydrogen-bond acceptors (Lipinski definition) is 7. The number of ether oxygens (including phenoxy) is 2. The van der Waals surface area contributed by atoms with Crippen LogP contribution in [-0.2, 0) is 25.7 Å². The van der Waals surface area contributed by atoms with Crippen molar-refractivity contribution in [3.8, 4) is 0 Å². The molecule has 3 aliphatic heterocycles. The molecule has 4 heterocycles. The van der Waals surface area contributed by atoms with Crippen molar-refractivity contribution in [1.82, 2.24) is 19.8 Å². The standard InChI is InChI=1S/C29H33N5O7/c35-22-10-12-34(29(39)41-15-17-5-2-1-3-6-17)26(22)27(37)33-11-9-18-16-40-23(19(18)14-33)13-24(36)30-20-7-4-8-21-25(20)32-28(38)31-21/h1-8,18-19,22-23,26,35H,9-16H2,(H,30,36)(H2,31,32,38)/t18-,19-,22-,23?,26+/m0/s1. The molecule has 12 nitrogen and oxygen atoms in total. The fraction of sp³-hybridized carbons (Fsp3) is 0.448. The summed E-state index contributed by atoms with van der Waals surface area (Å²) in [6.45, 7) is 1.68. The summed E-state index contributed by atoms with van der Waals surface area (Å²) in [5.74, 6) is -0.421.